The van der Waals surface area contributed by atoms with Crippen LogP contribution in [-0.2, 0) is 11.2 Å². The first-order valence-electron chi connectivity index (χ1n) is 7.72. The molecule has 1 unspecified atom stereocenters. The number of carbonyl (C=O) groups is 1. The third-order valence-corrected chi connectivity index (χ3v) is 4.16. The molecule has 1 atom stereocenters. The normalized spacial score (nSPS) is 12.0. The van der Waals surface area contributed by atoms with Gasteiger partial charge in [-0.2, -0.15) is 0 Å². The number of carboxylic acid groups (broad SMARTS) is 1. The zero-order chi connectivity index (χ0) is 16.8. The number of rotatable bonds is 7. The van der Waals surface area contributed by atoms with Crippen LogP contribution in [-0.4, -0.2) is 17.7 Å². The molecule has 2 rings (SSSR count). The second-order valence-electron chi connectivity index (χ2n) is 5.56. The van der Waals surface area contributed by atoms with Gasteiger partial charge in [0.2, 0.25) is 0 Å². The maximum Gasteiger partial charge on any atom is 0.311 e. The smallest absolute Gasteiger partial charge is 0.311 e. The number of hydrogen-bond donors (Lipinski definition) is 1. The highest BCUT2D eigenvalue weighted by molar-refractivity contribution is 6.31. The summed E-state index contributed by atoms with van der Waals surface area (Å²) in [5.74, 6) is -0.770. The lowest BCUT2D eigenvalue weighted by atomic mass is 9.91. The van der Waals surface area contributed by atoms with E-state index in [9.17, 15) is 9.90 Å². The summed E-state index contributed by atoms with van der Waals surface area (Å²) in [6, 6.07) is 13.0. The Morgan fingerprint density at radius 2 is 2.00 bits per heavy atom. The van der Waals surface area contributed by atoms with Crippen molar-refractivity contribution in [2.45, 2.75) is 32.6 Å². The third kappa shape index (κ3) is 4.49. The highest BCUT2D eigenvalue weighted by atomic mass is 35.5. The van der Waals surface area contributed by atoms with Gasteiger partial charge in [0.05, 0.1) is 12.5 Å². The minimum Gasteiger partial charge on any atom is -0.493 e. The molecular formula is C19H21ClO3. The van der Waals surface area contributed by atoms with Crippen molar-refractivity contribution in [1.82, 2.24) is 0 Å². The van der Waals surface area contributed by atoms with Crippen LogP contribution in [0.25, 0.3) is 0 Å². The van der Waals surface area contributed by atoms with E-state index < -0.39 is 11.9 Å². The average molecular weight is 333 g/mol. The van der Waals surface area contributed by atoms with E-state index in [0.717, 1.165) is 23.3 Å². The second kappa shape index (κ2) is 8.02. The molecule has 23 heavy (non-hydrogen) atoms. The molecule has 122 valence electrons. The molecule has 0 fully saturated rings. The minimum atomic E-state index is -0.866. The van der Waals surface area contributed by atoms with E-state index in [0.29, 0.717) is 23.6 Å². The fraction of sp³-hybridized carbons (Fsp3) is 0.316. The molecule has 0 aliphatic rings. The van der Waals surface area contributed by atoms with Crippen LogP contribution in [0.5, 0.6) is 5.75 Å². The number of halogens is 1. The van der Waals surface area contributed by atoms with Gasteiger partial charge in [-0.1, -0.05) is 48.9 Å². The lowest BCUT2D eigenvalue weighted by Gasteiger charge is -2.16. The fourth-order valence-corrected chi connectivity index (χ4v) is 2.61. The molecule has 0 aromatic heterocycles. The van der Waals surface area contributed by atoms with Crippen molar-refractivity contribution in [3.63, 3.8) is 0 Å². The fourth-order valence-electron chi connectivity index (χ4n) is 2.42. The Bertz CT molecular complexity index is 682. The lowest BCUT2D eigenvalue weighted by molar-refractivity contribution is -0.138. The number of para-hydroxylation sites is 1. The molecule has 2 aromatic rings. The van der Waals surface area contributed by atoms with Crippen LogP contribution < -0.4 is 4.74 Å². The van der Waals surface area contributed by atoms with Gasteiger partial charge in [0, 0.05) is 5.02 Å². The Balaban J connectivity index is 2.30. The number of carboxylic acids is 1. The topological polar surface area (TPSA) is 46.5 Å². The number of aryl methyl sites for hydroxylation is 1. The summed E-state index contributed by atoms with van der Waals surface area (Å²) in [6.07, 6.45) is 1.28. The van der Waals surface area contributed by atoms with Gasteiger partial charge in [-0.25, -0.2) is 0 Å². The predicted octanol–water partition coefficient (Wildman–Crippen LogP) is 4.85. The molecule has 0 bridgehead atoms. The predicted molar refractivity (Wildman–Crippen MR) is 92.5 cm³/mol. The number of benzene rings is 2. The zero-order valence-electron chi connectivity index (χ0n) is 13.4. The van der Waals surface area contributed by atoms with Gasteiger partial charge in [-0.15, -0.1) is 0 Å². The Labute approximate surface area is 141 Å². The van der Waals surface area contributed by atoms with Crippen molar-refractivity contribution in [3.8, 4) is 5.75 Å². The van der Waals surface area contributed by atoms with E-state index in [2.05, 4.69) is 0 Å². The summed E-state index contributed by atoms with van der Waals surface area (Å²) in [5.41, 5.74) is 2.54. The molecule has 3 nitrogen and oxygen atoms in total. The highest BCUT2D eigenvalue weighted by Crippen LogP contribution is 2.29. The summed E-state index contributed by atoms with van der Waals surface area (Å²) in [7, 11) is 0. The number of hydrogen-bond acceptors (Lipinski definition) is 2. The summed E-state index contributed by atoms with van der Waals surface area (Å²) in [5, 5.41) is 10.2. The van der Waals surface area contributed by atoms with Crippen LogP contribution >= 0.6 is 11.6 Å². The quantitative estimate of drug-likeness (QED) is 0.788. The largest absolute Gasteiger partial charge is 0.493 e. The van der Waals surface area contributed by atoms with Crippen LogP contribution in [0.15, 0.2) is 42.5 Å². The Hall–Kier alpha value is -2.00. The number of aliphatic carboxylic acids is 1. The maximum atomic E-state index is 11.7. The van der Waals surface area contributed by atoms with Gasteiger partial charge in [-0.05, 0) is 48.6 Å². The van der Waals surface area contributed by atoms with Gasteiger partial charge in [0.15, 0.2) is 0 Å². The van der Waals surface area contributed by atoms with E-state index in [1.54, 1.807) is 6.07 Å². The molecule has 0 saturated carbocycles. The molecule has 2 aromatic carbocycles. The first-order chi connectivity index (χ1) is 11.0. The van der Waals surface area contributed by atoms with Gasteiger partial charge < -0.3 is 9.84 Å². The van der Waals surface area contributed by atoms with Crippen molar-refractivity contribution in [1.29, 1.82) is 0 Å². The SMILES string of the molecule is CCCOc1ccccc1CC(C(=O)O)c1ccc(C)c(Cl)c1. The Morgan fingerprint density at radius 3 is 2.65 bits per heavy atom. The van der Waals surface area contributed by atoms with E-state index in [4.69, 9.17) is 16.3 Å². The lowest BCUT2D eigenvalue weighted by Crippen LogP contribution is -2.15. The standard InChI is InChI=1S/C19H21ClO3/c1-3-10-23-18-7-5-4-6-15(18)11-16(19(21)22)14-9-8-13(2)17(20)12-14/h4-9,12,16H,3,10-11H2,1-2H3,(H,21,22). The molecule has 0 aliphatic heterocycles. The third-order valence-electron chi connectivity index (χ3n) is 3.75. The van der Waals surface area contributed by atoms with Crippen molar-refractivity contribution in [3.05, 3.63) is 64.2 Å². The van der Waals surface area contributed by atoms with Crippen LogP contribution in [0.4, 0.5) is 0 Å². The van der Waals surface area contributed by atoms with E-state index in [-0.39, 0.29) is 0 Å². The molecule has 0 heterocycles. The summed E-state index contributed by atoms with van der Waals surface area (Å²) in [4.78, 5) is 11.7. The molecular weight excluding hydrogens is 312 g/mol. The molecule has 4 heteroatoms. The van der Waals surface area contributed by atoms with Crippen molar-refractivity contribution in [2.24, 2.45) is 0 Å². The zero-order valence-corrected chi connectivity index (χ0v) is 14.1. The first kappa shape index (κ1) is 17.4. The van der Waals surface area contributed by atoms with Crippen molar-refractivity contribution < 1.29 is 14.6 Å². The summed E-state index contributed by atoms with van der Waals surface area (Å²) >= 11 is 6.15. The van der Waals surface area contributed by atoms with Gasteiger partial charge in [-0.3, -0.25) is 4.79 Å². The van der Waals surface area contributed by atoms with Crippen LogP contribution in [0.2, 0.25) is 5.02 Å². The van der Waals surface area contributed by atoms with Crippen molar-refractivity contribution in [2.75, 3.05) is 6.61 Å². The van der Waals surface area contributed by atoms with Crippen LogP contribution in [0.3, 0.4) is 0 Å². The summed E-state index contributed by atoms with van der Waals surface area (Å²) < 4.78 is 5.73. The molecule has 0 radical (unpaired) electrons. The maximum absolute atomic E-state index is 11.7. The first-order valence-corrected chi connectivity index (χ1v) is 8.10. The Morgan fingerprint density at radius 1 is 1.26 bits per heavy atom. The minimum absolute atomic E-state index is 0.370. The van der Waals surface area contributed by atoms with Crippen molar-refractivity contribution >= 4 is 17.6 Å². The average Bonchev–Trinajstić information content (AvgIpc) is 2.54. The molecule has 1 N–H and O–H groups in total. The molecule has 0 aliphatic carbocycles. The van der Waals surface area contributed by atoms with E-state index in [1.165, 1.54) is 0 Å². The number of ether oxygens (including phenoxy) is 1. The Kier molecular flexibility index (Phi) is 6.05. The van der Waals surface area contributed by atoms with Crippen LogP contribution in [0.1, 0.15) is 36.0 Å². The second-order valence-corrected chi connectivity index (χ2v) is 5.97. The summed E-state index contributed by atoms with van der Waals surface area (Å²) in [6.45, 7) is 4.55. The highest BCUT2D eigenvalue weighted by Gasteiger charge is 2.22. The van der Waals surface area contributed by atoms with Gasteiger partial charge in [0.25, 0.3) is 0 Å². The molecule has 0 amide bonds. The monoisotopic (exact) mass is 332 g/mol. The van der Waals surface area contributed by atoms with Gasteiger partial charge >= 0.3 is 5.97 Å². The van der Waals surface area contributed by atoms with Crippen LogP contribution in [0, 0.1) is 6.92 Å². The van der Waals surface area contributed by atoms with Gasteiger partial charge in [0.1, 0.15) is 5.75 Å². The van der Waals surface area contributed by atoms with E-state index in [1.807, 2.05) is 50.2 Å². The molecule has 0 spiro atoms. The molecule has 0 saturated heterocycles. The van der Waals surface area contributed by atoms with E-state index >= 15 is 0 Å².